The summed E-state index contributed by atoms with van der Waals surface area (Å²) in [6.45, 7) is 6.92. The number of amides is 1. The molecule has 1 fully saturated rings. The second-order valence-corrected chi connectivity index (χ2v) is 9.59. The SMILES string of the molecule is Cc1cc(S(=O)(=O)N2CCCN(C(=O)c3ccc(F)cc3)CC2)ccc1OC(C)C. The number of ether oxygens (including phenoxy) is 1. The average Bonchev–Trinajstić information content (AvgIpc) is 2.96. The van der Waals surface area contributed by atoms with Crippen molar-refractivity contribution >= 4 is 15.9 Å². The van der Waals surface area contributed by atoms with Crippen molar-refractivity contribution < 1.29 is 22.3 Å². The molecule has 2 aromatic rings. The molecule has 1 amide bonds. The van der Waals surface area contributed by atoms with E-state index in [-0.39, 0.29) is 30.0 Å². The number of halogens is 1. The van der Waals surface area contributed by atoms with E-state index in [1.165, 1.54) is 28.6 Å². The number of nitrogens with zero attached hydrogens (tertiary/aromatic N) is 2. The van der Waals surface area contributed by atoms with E-state index in [9.17, 15) is 17.6 Å². The first-order valence-corrected chi connectivity index (χ1v) is 11.4. The smallest absolute Gasteiger partial charge is 0.253 e. The number of aryl methyl sites for hydroxylation is 1. The summed E-state index contributed by atoms with van der Waals surface area (Å²) in [4.78, 5) is 14.5. The molecule has 1 heterocycles. The Bertz CT molecular complexity index is 1010. The van der Waals surface area contributed by atoms with Gasteiger partial charge >= 0.3 is 0 Å². The van der Waals surface area contributed by atoms with Crippen molar-refractivity contribution in [2.45, 2.75) is 38.2 Å². The number of hydrogen-bond donors (Lipinski definition) is 0. The van der Waals surface area contributed by atoms with E-state index in [0.29, 0.717) is 30.8 Å². The molecule has 0 aromatic heterocycles. The van der Waals surface area contributed by atoms with Gasteiger partial charge in [-0.1, -0.05) is 0 Å². The fourth-order valence-electron chi connectivity index (χ4n) is 3.43. The number of rotatable bonds is 5. The Hall–Kier alpha value is -2.45. The first-order chi connectivity index (χ1) is 14.2. The van der Waals surface area contributed by atoms with Gasteiger partial charge in [-0.3, -0.25) is 4.79 Å². The van der Waals surface area contributed by atoms with Crippen LogP contribution in [-0.2, 0) is 10.0 Å². The zero-order valence-corrected chi connectivity index (χ0v) is 18.3. The molecule has 6 nitrogen and oxygen atoms in total. The molecule has 0 radical (unpaired) electrons. The van der Waals surface area contributed by atoms with Crippen LogP contribution in [0.25, 0.3) is 0 Å². The van der Waals surface area contributed by atoms with Crippen molar-refractivity contribution in [3.63, 3.8) is 0 Å². The minimum atomic E-state index is -3.68. The molecule has 0 saturated carbocycles. The first kappa shape index (κ1) is 22.2. The predicted octanol–water partition coefficient (Wildman–Crippen LogP) is 3.46. The van der Waals surface area contributed by atoms with E-state index in [1.54, 1.807) is 23.1 Å². The van der Waals surface area contributed by atoms with Crippen LogP contribution < -0.4 is 4.74 Å². The van der Waals surface area contributed by atoms with E-state index in [0.717, 1.165) is 5.56 Å². The molecule has 1 aliphatic rings. The number of benzene rings is 2. The lowest BCUT2D eigenvalue weighted by molar-refractivity contribution is 0.0764. The second-order valence-electron chi connectivity index (χ2n) is 7.65. The Balaban J connectivity index is 1.73. The normalized spacial score (nSPS) is 15.8. The minimum Gasteiger partial charge on any atom is -0.491 e. The van der Waals surface area contributed by atoms with Gasteiger partial charge < -0.3 is 9.64 Å². The third-order valence-electron chi connectivity index (χ3n) is 4.98. The van der Waals surface area contributed by atoms with E-state index in [2.05, 4.69) is 0 Å². The van der Waals surface area contributed by atoms with Crippen LogP contribution in [0.2, 0.25) is 0 Å². The Morgan fingerprint density at radius 3 is 2.37 bits per heavy atom. The first-order valence-electron chi connectivity index (χ1n) is 10.0. The molecular formula is C22H27FN2O4S. The van der Waals surface area contributed by atoms with Gasteiger partial charge in [0.05, 0.1) is 11.0 Å². The van der Waals surface area contributed by atoms with Gasteiger partial charge in [-0.15, -0.1) is 0 Å². The number of hydrogen-bond acceptors (Lipinski definition) is 4. The molecule has 0 N–H and O–H groups in total. The van der Waals surface area contributed by atoms with Crippen molar-refractivity contribution in [2.24, 2.45) is 0 Å². The van der Waals surface area contributed by atoms with Crippen molar-refractivity contribution in [2.75, 3.05) is 26.2 Å². The van der Waals surface area contributed by atoms with Gasteiger partial charge in [0.1, 0.15) is 11.6 Å². The van der Waals surface area contributed by atoms with E-state index >= 15 is 0 Å². The van der Waals surface area contributed by atoms with E-state index in [1.807, 2.05) is 20.8 Å². The largest absolute Gasteiger partial charge is 0.491 e. The lowest BCUT2D eigenvalue weighted by Crippen LogP contribution is -2.37. The van der Waals surface area contributed by atoms with Gasteiger partial charge in [0.2, 0.25) is 10.0 Å². The molecule has 2 aromatic carbocycles. The molecule has 30 heavy (non-hydrogen) atoms. The van der Waals surface area contributed by atoms with E-state index in [4.69, 9.17) is 4.74 Å². The quantitative estimate of drug-likeness (QED) is 0.723. The monoisotopic (exact) mass is 434 g/mol. The Morgan fingerprint density at radius 1 is 1.03 bits per heavy atom. The highest BCUT2D eigenvalue weighted by atomic mass is 32.2. The molecule has 0 spiro atoms. The predicted molar refractivity (Wildman–Crippen MR) is 113 cm³/mol. The number of carbonyl (C=O) groups is 1. The number of sulfonamides is 1. The zero-order chi connectivity index (χ0) is 21.9. The Morgan fingerprint density at radius 2 is 1.73 bits per heavy atom. The highest BCUT2D eigenvalue weighted by Gasteiger charge is 2.29. The van der Waals surface area contributed by atoms with Crippen molar-refractivity contribution in [1.29, 1.82) is 0 Å². The maximum Gasteiger partial charge on any atom is 0.253 e. The van der Waals surface area contributed by atoms with Crippen molar-refractivity contribution in [3.8, 4) is 5.75 Å². The summed E-state index contributed by atoms with van der Waals surface area (Å²) in [7, 11) is -3.68. The van der Waals surface area contributed by atoms with Crippen molar-refractivity contribution in [3.05, 3.63) is 59.4 Å². The molecule has 3 rings (SSSR count). The van der Waals surface area contributed by atoms with Gasteiger partial charge in [0, 0.05) is 31.7 Å². The maximum absolute atomic E-state index is 13.1. The molecule has 1 aliphatic heterocycles. The fraction of sp³-hybridized carbons (Fsp3) is 0.409. The number of carbonyl (C=O) groups excluding carboxylic acids is 1. The lowest BCUT2D eigenvalue weighted by Gasteiger charge is -2.22. The molecule has 0 aliphatic carbocycles. The van der Waals surface area contributed by atoms with Crippen LogP contribution in [0.3, 0.4) is 0 Å². The van der Waals surface area contributed by atoms with Crippen LogP contribution in [-0.4, -0.2) is 55.8 Å². The zero-order valence-electron chi connectivity index (χ0n) is 17.5. The molecule has 0 atom stereocenters. The molecule has 1 saturated heterocycles. The van der Waals surface area contributed by atoms with Crippen LogP contribution in [0.15, 0.2) is 47.4 Å². The summed E-state index contributed by atoms with van der Waals surface area (Å²) in [5.41, 5.74) is 1.15. The van der Waals surface area contributed by atoms with Gasteiger partial charge in [-0.05, 0) is 75.2 Å². The van der Waals surface area contributed by atoms with Gasteiger partial charge in [-0.25, -0.2) is 12.8 Å². The molecule has 162 valence electrons. The summed E-state index contributed by atoms with van der Waals surface area (Å²) in [6.07, 6.45) is 0.529. The van der Waals surface area contributed by atoms with Crippen molar-refractivity contribution in [1.82, 2.24) is 9.21 Å². The fourth-order valence-corrected chi connectivity index (χ4v) is 4.99. The Kier molecular flexibility index (Phi) is 6.77. The molecule has 0 bridgehead atoms. The highest BCUT2D eigenvalue weighted by molar-refractivity contribution is 7.89. The van der Waals surface area contributed by atoms with E-state index < -0.39 is 15.8 Å². The summed E-state index contributed by atoms with van der Waals surface area (Å²) < 4.78 is 46.5. The van der Waals surface area contributed by atoms with Crippen LogP contribution >= 0.6 is 0 Å². The molecule has 8 heteroatoms. The van der Waals surface area contributed by atoms with Crippen LogP contribution in [0, 0.1) is 12.7 Å². The topological polar surface area (TPSA) is 66.9 Å². The molecular weight excluding hydrogens is 407 g/mol. The summed E-state index contributed by atoms with van der Waals surface area (Å²) in [5, 5.41) is 0. The lowest BCUT2D eigenvalue weighted by atomic mass is 10.2. The highest BCUT2D eigenvalue weighted by Crippen LogP contribution is 2.25. The van der Waals surface area contributed by atoms with Gasteiger partial charge in [0.15, 0.2) is 0 Å². The third kappa shape index (κ3) is 4.99. The Labute approximate surface area is 177 Å². The third-order valence-corrected chi connectivity index (χ3v) is 6.87. The maximum atomic E-state index is 13.1. The van der Waals surface area contributed by atoms with Crippen LogP contribution in [0.1, 0.15) is 36.2 Å². The van der Waals surface area contributed by atoms with Gasteiger partial charge in [-0.2, -0.15) is 4.31 Å². The summed E-state index contributed by atoms with van der Waals surface area (Å²) >= 11 is 0. The standard InChI is InChI=1S/C22H27FN2O4S/c1-16(2)29-21-10-9-20(15-17(21)3)30(27,28)25-12-4-11-24(13-14-25)22(26)18-5-7-19(23)8-6-18/h5-10,15-16H,4,11-14H2,1-3H3. The van der Waals surface area contributed by atoms with Crippen LogP contribution in [0.5, 0.6) is 5.75 Å². The van der Waals surface area contributed by atoms with Crippen LogP contribution in [0.4, 0.5) is 4.39 Å². The summed E-state index contributed by atoms with van der Waals surface area (Å²) in [5.74, 6) is 0.0379. The second kappa shape index (κ2) is 9.14. The average molecular weight is 435 g/mol. The minimum absolute atomic E-state index is 0.00129. The molecule has 0 unspecified atom stereocenters. The summed E-state index contributed by atoms with van der Waals surface area (Å²) in [6, 6.07) is 10.3. The van der Waals surface area contributed by atoms with Gasteiger partial charge in [0.25, 0.3) is 5.91 Å².